The Morgan fingerprint density at radius 3 is 2.37 bits per heavy atom. The van der Waals surface area contributed by atoms with Crippen LogP contribution in [0.2, 0.25) is 0 Å². The lowest BCUT2D eigenvalue weighted by Crippen LogP contribution is -2.00. The monoisotopic (exact) mass is 275 g/mol. The second-order valence-electron chi connectivity index (χ2n) is 3.84. The Morgan fingerprint density at radius 2 is 1.79 bits per heavy atom. The second kappa shape index (κ2) is 5.67. The van der Waals surface area contributed by atoms with Crippen LogP contribution in [-0.4, -0.2) is 18.2 Å². The number of carbonyl (C=O) groups is 1. The molecule has 0 aromatic heterocycles. The molecule has 19 heavy (non-hydrogen) atoms. The maximum Gasteiger partial charge on any atom is 0.339 e. The van der Waals surface area contributed by atoms with Crippen LogP contribution >= 0.6 is 11.8 Å². The summed E-state index contributed by atoms with van der Waals surface area (Å²) < 4.78 is 5.09. The van der Waals surface area contributed by atoms with Gasteiger partial charge in [0.25, 0.3) is 0 Å². The van der Waals surface area contributed by atoms with Crippen molar-refractivity contribution in [1.82, 2.24) is 0 Å². The van der Waals surface area contributed by atoms with Gasteiger partial charge < -0.3 is 15.6 Å². The molecule has 2 aromatic carbocycles. The lowest BCUT2D eigenvalue weighted by atomic mass is 10.2. The number of methoxy groups -OCH3 is 1. The van der Waals surface area contributed by atoms with Gasteiger partial charge in [0.1, 0.15) is 11.3 Å². The first-order chi connectivity index (χ1) is 9.10. The fourth-order valence-electron chi connectivity index (χ4n) is 1.58. The fraction of sp³-hybridized carbons (Fsp3) is 0.0714. The average molecular weight is 275 g/mol. The summed E-state index contributed by atoms with van der Waals surface area (Å²) in [5, 5.41) is 9.01. The molecule has 0 aliphatic rings. The topological polar surface area (TPSA) is 72.5 Å². The van der Waals surface area contributed by atoms with E-state index in [1.165, 1.54) is 18.9 Å². The van der Waals surface area contributed by atoms with Gasteiger partial charge in [0, 0.05) is 15.5 Å². The van der Waals surface area contributed by atoms with Crippen molar-refractivity contribution in [2.24, 2.45) is 0 Å². The third kappa shape index (κ3) is 3.20. The van der Waals surface area contributed by atoms with Gasteiger partial charge in [-0.3, -0.25) is 0 Å². The summed E-state index contributed by atoms with van der Waals surface area (Å²) in [6, 6.07) is 12.5. The highest BCUT2D eigenvalue weighted by Crippen LogP contribution is 2.32. The van der Waals surface area contributed by atoms with Crippen LogP contribution in [0.4, 0.5) is 5.69 Å². The van der Waals surface area contributed by atoms with Crippen LogP contribution < -0.4 is 10.5 Å². The Labute approximate surface area is 115 Å². The molecule has 2 rings (SSSR count). The molecule has 0 saturated carbocycles. The summed E-state index contributed by atoms with van der Waals surface area (Å²) in [4.78, 5) is 12.9. The third-order valence-corrected chi connectivity index (χ3v) is 3.52. The van der Waals surface area contributed by atoms with Gasteiger partial charge in [0.05, 0.1) is 7.11 Å². The van der Waals surface area contributed by atoms with Gasteiger partial charge in [0.2, 0.25) is 0 Å². The summed E-state index contributed by atoms with van der Waals surface area (Å²) in [6.45, 7) is 0. The van der Waals surface area contributed by atoms with E-state index in [1.807, 2.05) is 24.3 Å². The molecule has 0 saturated heterocycles. The number of rotatable bonds is 4. The molecule has 0 fully saturated rings. The maximum atomic E-state index is 11.0. The molecule has 5 heteroatoms. The highest BCUT2D eigenvalue weighted by Gasteiger charge is 2.11. The highest BCUT2D eigenvalue weighted by atomic mass is 32.2. The smallest absolute Gasteiger partial charge is 0.339 e. The Balaban J connectivity index is 2.26. The van der Waals surface area contributed by atoms with Crippen molar-refractivity contribution in [1.29, 1.82) is 0 Å². The number of aromatic carboxylic acids is 1. The van der Waals surface area contributed by atoms with Crippen LogP contribution in [0, 0.1) is 0 Å². The summed E-state index contributed by atoms with van der Waals surface area (Å²) in [7, 11) is 1.46. The lowest BCUT2D eigenvalue weighted by molar-refractivity contribution is 0.0693. The highest BCUT2D eigenvalue weighted by molar-refractivity contribution is 7.99. The maximum absolute atomic E-state index is 11.0. The molecule has 0 aliphatic heterocycles. The number of carboxylic acid groups (broad SMARTS) is 1. The van der Waals surface area contributed by atoms with Crippen LogP contribution in [0.3, 0.4) is 0 Å². The van der Waals surface area contributed by atoms with Crippen molar-refractivity contribution < 1.29 is 14.6 Å². The van der Waals surface area contributed by atoms with Crippen molar-refractivity contribution in [2.75, 3.05) is 12.8 Å². The first-order valence-corrected chi connectivity index (χ1v) is 6.36. The van der Waals surface area contributed by atoms with Crippen LogP contribution in [0.25, 0.3) is 0 Å². The first kappa shape index (κ1) is 13.3. The van der Waals surface area contributed by atoms with Gasteiger partial charge in [-0.15, -0.1) is 0 Å². The van der Waals surface area contributed by atoms with E-state index < -0.39 is 5.97 Å². The zero-order valence-electron chi connectivity index (χ0n) is 10.3. The molecule has 3 N–H and O–H groups in total. The van der Waals surface area contributed by atoms with E-state index in [-0.39, 0.29) is 5.56 Å². The molecule has 0 heterocycles. The number of nitrogens with two attached hydrogens (primary N) is 1. The minimum Gasteiger partial charge on any atom is -0.496 e. The molecule has 98 valence electrons. The fourth-order valence-corrected chi connectivity index (χ4v) is 2.43. The van der Waals surface area contributed by atoms with Gasteiger partial charge in [-0.25, -0.2) is 4.79 Å². The minimum absolute atomic E-state index is 0.157. The first-order valence-electron chi connectivity index (χ1n) is 5.55. The number of nitrogen functional groups attached to an aromatic ring is 1. The van der Waals surface area contributed by atoms with Crippen molar-refractivity contribution in [3.05, 3.63) is 48.0 Å². The molecule has 0 unspecified atom stereocenters. The van der Waals surface area contributed by atoms with E-state index in [0.29, 0.717) is 11.4 Å². The number of anilines is 1. The molecule has 4 nitrogen and oxygen atoms in total. The molecular formula is C14H13NO3S. The number of ether oxygens (including phenoxy) is 1. The lowest BCUT2D eigenvalue weighted by Gasteiger charge is -2.07. The van der Waals surface area contributed by atoms with Crippen LogP contribution in [0.1, 0.15) is 10.4 Å². The minimum atomic E-state index is -0.999. The van der Waals surface area contributed by atoms with E-state index in [4.69, 9.17) is 15.6 Å². The molecular weight excluding hydrogens is 262 g/mol. The summed E-state index contributed by atoms with van der Waals surface area (Å²) in [5.74, 6) is -0.645. The number of benzene rings is 2. The average Bonchev–Trinajstić information content (AvgIpc) is 2.41. The zero-order valence-corrected chi connectivity index (χ0v) is 11.1. The Hall–Kier alpha value is -2.14. The van der Waals surface area contributed by atoms with Gasteiger partial charge in [-0.05, 0) is 42.5 Å². The zero-order chi connectivity index (χ0) is 13.8. The second-order valence-corrected chi connectivity index (χ2v) is 4.99. The molecule has 2 aromatic rings. The predicted octanol–water partition coefficient (Wildman–Crippen LogP) is 3.13. The van der Waals surface area contributed by atoms with E-state index in [2.05, 4.69) is 0 Å². The predicted molar refractivity (Wildman–Crippen MR) is 74.9 cm³/mol. The summed E-state index contributed by atoms with van der Waals surface area (Å²) in [5.41, 5.74) is 6.49. The molecule has 0 spiro atoms. The molecule has 0 amide bonds. The van der Waals surface area contributed by atoms with Crippen LogP contribution in [0.5, 0.6) is 5.75 Å². The van der Waals surface area contributed by atoms with E-state index >= 15 is 0 Å². The quantitative estimate of drug-likeness (QED) is 0.839. The summed E-state index contributed by atoms with van der Waals surface area (Å²) >= 11 is 1.52. The van der Waals surface area contributed by atoms with Gasteiger partial charge in [-0.2, -0.15) is 0 Å². The third-order valence-electron chi connectivity index (χ3n) is 2.52. The van der Waals surface area contributed by atoms with Crippen molar-refractivity contribution >= 4 is 23.4 Å². The Kier molecular flexibility index (Phi) is 3.97. The van der Waals surface area contributed by atoms with Gasteiger partial charge in [0.15, 0.2) is 0 Å². The van der Waals surface area contributed by atoms with Crippen LogP contribution in [-0.2, 0) is 0 Å². The van der Waals surface area contributed by atoms with Gasteiger partial charge >= 0.3 is 5.97 Å². The molecule has 0 radical (unpaired) electrons. The molecule has 0 atom stereocenters. The molecule has 0 aliphatic carbocycles. The summed E-state index contributed by atoms with van der Waals surface area (Å²) in [6.07, 6.45) is 0. The number of carboxylic acids is 1. The molecule has 0 bridgehead atoms. The Morgan fingerprint density at radius 1 is 1.16 bits per heavy atom. The van der Waals surface area contributed by atoms with Crippen molar-refractivity contribution in [2.45, 2.75) is 9.79 Å². The SMILES string of the molecule is COc1cc(Sc2ccc(N)cc2)ccc1C(=O)O. The van der Waals surface area contributed by atoms with E-state index in [1.54, 1.807) is 18.2 Å². The van der Waals surface area contributed by atoms with Gasteiger partial charge in [-0.1, -0.05) is 11.8 Å². The normalized spacial score (nSPS) is 10.2. The van der Waals surface area contributed by atoms with Crippen molar-refractivity contribution in [3.63, 3.8) is 0 Å². The van der Waals surface area contributed by atoms with E-state index in [9.17, 15) is 4.79 Å². The number of hydrogen-bond donors (Lipinski definition) is 2. The standard InChI is InChI=1S/C14H13NO3S/c1-18-13-8-11(6-7-12(13)14(16)17)19-10-4-2-9(15)3-5-10/h2-8H,15H2,1H3,(H,16,17). The largest absolute Gasteiger partial charge is 0.496 e. The van der Waals surface area contributed by atoms with E-state index in [0.717, 1.165) is 9.79 Å². The van der Waals surface area contributed by atoms with Crippen LogP contribution in [0.15, 0.2) is 52.3 Å². The Bertz CT molecular complexity index is 596. The number of hydrogen-bond acceptors (Lipinski definition) is 4. The van der Waals surface area contributed by atoms with Crippen molar-refractivity contribution in [3.8, 4) is 5.75 Å².